The minimum Gasteiger partial charge on any atom is -0.346 e. The molecular weight excluding hydrogens is 286 g/mol. The van der Waals surface area contributed by atoms with E-state index in [2.05, 4.69) is 23.7 Å². The highest BCUT2D eigenvalue weighted by Gasteiger charge is 2.29. The van der Waals surface area contributed by atoms with Gasteiger partial charge in [0.15, 0.2) is 0 Å². The molecule has 1 aliphatic rings. The second-order valence-electron chi connectivity index (χ2n) is 6.17. The van der Waals surface area contributed by atoms with Gasteiger partial charge in [0.05, 0.1) is 0 Å². The molecule has 1 saturated carbocycles. The van der Waals surface area contributed by atoms with E-state index in [1.807, 2.05) is 19.2 Å². The van der Waals surface area contributed by atoms with Gasteiger partial charge in [0.2, 0.25) is 10.0 Å². The lowest BCUT2D eigenvalue weighted by Gasteiger charge is -2.14. The highest BCUT2D eigenvalue weighted by molar-refractivity contribution is 7.89. The summed E-state index contributed by atoms with van der Waals surface area (Å²) in [4.78, 5) is 0.422. The third-order valence-corrected chi connectivity index (χ3v) is 5.61. The van der Waals surface area contributed by atoms with E-state index in [-0.39, 0.29) is 0 Å². The summed E-state index contributed by atoms with van der Waals surface area (Å²) >= 11 is 0. The molecule has 0 unspecified atom stereocenters. The quantitative estimate of drug-likeness (QED) is 0.801. The number of hydrogen-bond acceptors (Lipinski definition) is 3. The average Bonchev–Trinajstić information content (AvgIpc) is 3.16. The molecule has 0 aromatic carbocycles. The Bertz CT molecular complexity index is 574. The molecule has 6 heteroatoms. The van der Waals surface area contributed by atoms with E-state index in [1.165, 1.54) is 4.31 Å². The molecule has 21 heavy (non-hydrogen) atoms. The summed E-state index contributed by atoms with van der Waals surface area (Å²) in [5, 5.41) is 3.37. The summed E-state index contributed by atoms with van der Waals surface area (Å²) in [6.45, 7) is 7.44. The van der Waals surface area contributed by atoms with E-state index in [4.69, 9.17) is 0 Å². The van der Waals surface area contributed by atoms with Gasteiger partial charge in [0.25, 0.3) is 0 Å². The van der Waals surface area contributed by atoms with Gasteiger partial charge in [-0.25, -0.2) is 12.7 Å². The highest BCUT2D eigenvalue weighted by Crippen LogP contribution is 2.37. The zero-order valence-electron chi connectivity index (χ0n) is 13.5. The first-order valence-electron chi connectivity index (χ1n) is 7.76. The van der Waals surface area contributed by atoms with Crippen LogP contribution in [0.25, 0.3) is 0 Å². The van der Waals surface area contributed by atoms with Crippen LogP contribution in [-0.4, -0.2) is 36.9 Å². The van der Waals surface area contributed by atoms with Gasteiger partial charge < -0.3 is 9.88 Å². The molecule has 0 atom stereocenters. The average molecular weight is 313 g/mol. The predicted octanol–water partition coefficient (Wildman–Crippen LogP) is 2.35. The van der Waals surface area contributed by atoms with Gasteiger partial charge in [-0.1, -0.05) is 20.8 Å². The largest absolute Gasteiger partial charge is 0.346 e. The standard InChI is InChI=1S/C15H27N3O2S/c1-5-8-17(4)21(19,20)15-9-14(10-16-12(2)3)18(11-15)13-6-7-13/h9,11-13,16H,5-8,10H2,1-4H3. The van der Waals surface area contributed by atoms with Crippen LogP contribution < -0.4 is 5.32 Å². The maximum Gasteiger partial charge on any atom is 0.244 e. The van der Waals surface area contributed by atoms with Crippen molar-refractivity contribution < 1.29 is 8.42 Å². The van der Waals surface area contributed by atoms with Crippen molar-refractivity contribution >= 4 is 10.0 Å². The Hall–Kier alpha value is -0.850. The van der Waals surface area contributed by atoms with Crippen LogP contribution in [0, 0.1) is 0 Å². The predicted molar refractivity (Wildman–Crippen MR) is 84.8 cm³/mol. The van der Waals surface area contributed by atoms with Crippen LogP contribution in [0.2, 0.25) is 0 Å². The fourth-order valence-corrected chi connectivity index (χ4v) is 3.71. The van der Waals surface area contributed by atoms with E-state index in [0.717, 1.165) is 25.0 Å². The van der Waals surface area contributed by atoms with Crippen molar-refractivity contribution in [2.24, 2.45) is 0 Å². The van der Waals surface area contributed by atoms with Crippen molar-refractivity contribution in [2.75, 3.05) is 13.6 Å². The molecule has 0 radical (unpaired) electrons. The minimum atomic E-state index is -3.36. The summed E-state index contributed by atoms with van der Waals surface area (Å²) in [5.41, 5.74) is 1.06. The normalized spacial score (nSPS) is 16.1. The van der Waals surface area contributed by atoms with Gasteiger partial charge in [-0.15, -0.1) is 0 Å². The van der Waals surface area contributed by atoms with Gasteiger partial charge in [0, 0.05) is 44.1 Å². The van der Waals surface area contributed by atoms with Crippen LogP contribution >= 0.6 is 0 Å². The molecule has 120 valence electrons. The molecule has 1 aliphatic carbocycles. The first kappa shape index (κ1) is 16.5. The number of hydrogen-bond donors (Lipinski definition) is 1. The number of sulfonamides is 1. The van der Waals surface area contributed by atoms with Crippen LogP contribution in [0.4, 0.5) is 0 Å². The second kappa shape index (κ2) is 6.50. The maximum absolute atomic E-state index is 12.6. The monoisotopic (exact) mass is 313 g/mol. The van der Waals surface area contributed by atoms with Gasteiger partial charge in [-0.05, 0) is 25.3 Å². The Morgan fingerprint density at radius 1 is 1.43 bits per heavy atom. The van der Waals surface area contributed by atoms with E-state index in [1.54, 1.807) is 7.05 Å². The summed E-state index contributed by atoms with van der Waals surface area (Å²) < 4.78 is 28.7. The topological polar surface area (TPSA) is 54.3 Å². The molecule has 2 rings (SSSR count). The molecule has 0 bridgehead atoms. The fourth-order valence-electron chi connectivity index (χ4n) is 2.40. The zero-order valence-corrected chi connectivity index (χ0v) is 14.3. The van der Waals surface area contributed by atoms with E-state index in [9.17, 15) is 8.42 Å². The van der Waals surface area contributed by atoms with Crippen LogP contribution in [0.1, 0.15) is 51.8 Å². The van der Waals surface area contributed by atoms with Crippen molar-refractivity contribution in [3.05, 3.63) is 18.0 Å². The Morgan fingerprint density at radius 3 is 2.62 bits per heavy atom. The number of aromatic nitrogens is 1. The van der Waals surface area contributed by atoms with Gasteiger partial charge in [0.1, 0.15) is 4.90 Å². The van der Waals surface area contributed by atoms with Crippen LogP contribution in [0.3, 0.4) is 0 Å². The summed E-state index contributed by atoms with van der Waals surface area (Å²) in [6.07, 6.45) is 4.93. The van der Waals surface area contributed by atoms with Crippen LogP contribution in [0.5, 0.6) is 0 Å². The Balaban J connectivity index is 2.26. The number of nitrogens with one attached hydrogen (secondary N) is 1. The molecule has 0 spiro atoms. The van der Waals surface area contributed by atoms with Crippen LogP contribution in [-0.2, 0) is 16.6 Å². The van der Waals surface area contributed by atoms with Crippen LogP contribution in [0.15, 0.2) is 17.2 Å². The Morgan fingerprint density at radius 2 is 2.10 bits per heavy atom. The molecule has 0 amide bonds. The zero-order chi connectivity index (χ0) is 15.6. The Labute approximate surface area is 128 Å². The lowest BCUT2D eigenvalue weighted by Crippen LogP contribution is -2.27. The maximum atomic E-state index is 12.6. The van der Waals surface area contributed by atoms with Crippen molar-refractivity contribution in [2.45, 2.75) is 63.6 Å². The summed E-state index contributed by atoms with van der Waals surface area (Å²) in [6, 6.07) is 2.69. The third-order valence-electron chi connectivity index (χ3n) is 3.79. The summed E-state index contributed by atoms with van der Waals surface area (Å²) in [7, 11) is -1.71. The van der Waals surface area contributed by atoms with E-state index >= 15 is 0 Å². The second-order valence-corrected chi connectivity index (χ2v) is 8.21. The summed E-state index contributed by atoms with van der Waals surface area (Å²) in [5.74, 6) is 0. The van der Waals surface area contributed by atoms with Gasteiger partial charge in [-0.3, -0.25) is 0 Å². The smallest absolute Gasteiger partial charge is 0.244 e. The minimum absolute atomic E-state index is 0.385. The van der Waals surface area contributed by atoms with Gasteiger partial charge in [-0.2, -0.15) is 0 Å². The first-order valence-corrected chi connectivity index (χ1v) is 9.20. The van der Waals surface area contributed by atoms with Crippen molar-refractivity contribution in [1.82, 2.24) is 14.2 Å². The highest BCUT2D eigenvalue weighted by atomic mass is 32.2. The number of rotatable bonds is 8. The van der Waals surface area contributed by atoms with E-state index < -0.39 is 10.0 Å². The third kappa shape index (κ3) is 3.87. The molecule has 5 nitrogen and oxygen atoms in total. The molecule has 1 aromatic heterocycles. The SMILES string of the molecule is CCCN(C)S(=O)(=O)c1cc(CNC(C)C)n(C2CC2)c1. The lowest BCUT2D eigenvalue weighted by molar-refractivity contribution is 0.468. The Kier molecular flexibility index (Phi) is 5.11. The van der Waals surface area contributed by atoms with Gasteiger partial charge >= 0.3 is 0 Å². The fraction of sp³-hybridized carbons (Fsp3) is 0.733. The molecule has 1 heterocycles. The molecular formula is C15H27N3O2S. The molecule has 0 saturated heterocycles. The van der Waals surface area contributed by atoms with Crippen molar-refractivity contribution in [3.8, 4) is 0 Å². The molecule has 0 aliphatic heterocycles. The first-order chi connectivity index (χ1) is 9.86. The number of nitrogens with zero attached hydrogens (tertiary/aromatic N) is 2. The van der Waals surface area contributed by atoms with Crippen molar-refractivity contribution in [3.63, 3.8) is 0 Å². The lowest BCUT2D eigenvalue weighted by atomic mass is 10.3. The van der Waals surface area contributed by atoms with Crippen molar-refractivity contribution in [1.29, 1.82) is 0 Å². The van der Waals surface area contributed by atoms with E-state index in [0.29, 0.717) is 30.1 Å². The molecule has 1 aromatic rings. The molecule has 1 N–H and O–H groups in total. The molecule has 1 fully saturated rings.